The van der Waals surface area contributed by atoms with Gasteiger partial charge in [0.05, 0.1) is 27.5 Å². The Kier molecular flexibility index (Phi) is 11.6. The highest BCUT2D eigenvalue weighted by atomic mass is 35.5. The van der Waals surface area contributed by atoms with Gasteiger partial charge in [-0.05, 0) is 32.0 Å². The number of nitrogens with two attached hydrogens (primary N) is 2. The highest BCUT2D eigenvalue weighted by Crippen LogP contribution is 2.18. The monoisotopic (exact) mass is 376 g/mol. The van der Waals surface area contributed by atoms with E-state index < -0.39 is 5.97 Å². The number of aryl methyl sites for hydroxylation is 2. The van der Waals surface area contributed by atoms with E-state index in [-0.39, 0.29) is 13.2 Å². The van der Waals surface area contributed by atoms with E-state index in [4.69, 9.17) is 43.5 Å². The minimum Gasteiger partial charge on any atom is -0.481 e. The van der Waals surface area contributed by atoms with Crippen molar-refractivity contribution in [3.8, 4) is 12.1 Å². The van der Waals surface area contributed by atoms with Gasteiger partial charge in [0.25, 0.3) is 5.97 Å². The van der Waals surface area contributed by atoms with Crippen molar-refractivity contribution in [2.24, 2.45) is 0 Å². The van der Waals surface area contributed by atoms with Gasteiger partial charge in [-0.3, -0.25) is 4.79 Å². The Balaban J connectivity index is 0. The van der Waals surface area contributed by atoms with Crippen LogP contribution in [0.1, 0.15) is 36.9 Å². The van der Waals surface area contributed by atoms with E-state index in [1.165, 1.54) is 6.07 Å². The molecule has 0 spiro atoms. The van der Waals surface area contributed by atoms with E-state index in [9.17, 15) is 0 Å². The number of halogens is 1. The summed E-state index contributed by atoms with van der Waals surface area (Å²) in [6.45, 7) is 4.56. The number of rotatable bonds is 0. The number of anilines is 2. The Morgan fingerprint density at radius 3 is 2.00 bits per heavy atom. The van der Waals surface area contributed by atoms with Crippen LogP contribution in [0.4, 0.5) is 11.6 Å². The highest BCUT2D eigenvalue weighted by Gasteiger charge is 2.03. The molecule has 9 heteroatoms. The Morgan fingerprint density at radius 2 is 1.58 bits per heavy atom. The molecule has 0 radical (unpaired) electrons. The number of carboxylic acid groups (broad SMARTS) is 1. The van der Waals surface area contributed by atoms with Crippen molar-refractivity contribution in [3.63, 3.8) is 0 Å². The average molecular weight is 377 g/mol. The normalized spacial score (nSPS) is 8.23. The predicted octanol–water partition coefficient (Wildman–Crippen LogP) is 3.07. The van der Waals surface area contributed by atoms with Crippen LogP contribution in [0.2, 0.25) is 5.02 Å². The van der Waals surface area contributed by atoms with Crippen LogP contribution in [0.25, 0.3) is 0 Å². The first-order valence-electron chi connectivity index (χ1n) is 6.77. The molecule has 0 atom stereocenters. The molecule has 26 heavy (non-hydrogen) atoms. The summed E-state index contributed by atoms with van der Waals surface area (Å²) in [4.78, 5) is 16.8. The summed E-state index contributed by atoms with van der Waals surface area (Å²) in [5.74, 6) is -0.111. The van der Waals surface area contributed by atoms with Crippen molar-refractivity contribution in [2.75, 3.05) is 11.5 Å². The standard InChI is InChI=1S/C7H6ClN3.C7H7N3.C2H4O2.CH4/c1-4-5(3-9)2-6(8)7(10)11-4;1-5-6(4-8)2-3-7(9)10-5;1-2(3)4;/h2H,1H3,(H2,10,11);2-3H,1H3,(H2,9,10);1H3,(H,3,4);1H4. The van der Waals surface area contributed by atoms with Gasteiger partial charge in [-0.25, -0.2) is 9.97 Å². The van der Waals surface area contributed by atoms with Crippen LogP contribution in [-0.2, 0) is 4.79 Å². The summed E-state index contributed by atoms with van der Waals surface area (Å²) >= 11 is 5.63. The zero-order chi connectivity index (χ0) is 19.6. The first kappa shape index (κ1) is 24.9. The zero-order valence-corrected chi connectivity index (χ0v) is 14.7. The molecule has 2 rings (SSSR count). The largest absolute Gasteiger partial charge is 0.481 e. The molecule has 0 amide bonds. The summed E-state index contributed by atoms with van der Waals surface area (Å²) in [5, 5.41) is 24.8. The van der Waals surface area contributed by atoms with Crippen LogP contribution in [-0.4, -0.2) is 21.0 Å². The molecular formula is C17H21ClN6O2. The first-order chi connectivity index (χ1) is 11.6. The fraction of sp³-hybridized carbons (Fsp3) is 0.235. The molecule has 0 aliphatic carbocycles. The maximum Gasteiger partial charge on any atom is 0.300 e. The van der Waals surface area contributed by atoms with E-state index >= 15 is 0 Å². The number of carboxylic acids is 1. The fourth-order valence-electron chi connectivity index (χ4n) is 1.41. The maximum absolute atomic E-state index is 9.00. The van der Waals surface area contributed by atoms with Crippen molar-refractivity contribution in [2.45, 2.75) is 28.2 Å². The Hall–Kier alpha value is -3.36. The van der Waals surface area contributed by atoms with Gasteiger partial charge in [-0.2, -0.15) is 10.5 Å². The molecule has 2 aromatic heterocycles. The molecule has 0 aromatic carbocycles. The molecule has 0 bridgehead atoms. The van der Waals surface area contributed by atoms with Gasteiger partial charge >= 0.3 is 0 Å². The third-order valence-corrected chi connectivity index (χ3v) is 2.84. The molecule has 8 nitrogen and oxygen atoms in total. The molecule has 5 N–H and O–H groups in total. The van der Waals surface area contributed by atoms with E-state index in [2.05, 4.69) is 9.97 Å². The van der Waals surface area contributed by atoms with Gasteiger partial charge in [-0.1, -0.05) is 19.0 Å². The Morgan fingerprint density at radius 1 is 1.12 bits per heavy atom. The minimum atomic E-state index is -0.833. The third kappa shape index (κ3) is 9.06. The molecule has 138 valence electrons. The summed E-state index contributed by atoms with van der Waals surface area (Å²) in [6.07, 6.45) is 0. The van der Waals surface area contributed by atoms with Crippen LogP contribution in [0.5, 0.6) is 0 Å². The lowest BCUT2D eigenvalue weighted by Gasteiger charge is -1.99. The van der Waals surface area contributed by atoms with E-state index in [1.54, 1.807) is 26.0 Å². The highest BCUT2D eigenvalue weighted by molar-refractivity contribution is 6.32. The van der Waals surface area contributed by atoms with E-state index in [0.29, 0.717) is 33.4 Å². The van der Waals surface area contributed by atoms with Gasteiger partial charge in [0.2, 0.25) is 0 Å². The molecule has 2 aromatic rings. The summed E-state index contributed by atoms with van der Waals surface area (Å²) in [7, 11) is 0. The topological polar surface area (TPSA) is 163 Å². The van der Waals surface area contributed by atoms with Crippen LogP contribution >= 0.6 is 11.6 Å². The quantitative estimate of drug-likeness (QED) is 0.631. The molecule has 0 saturated heterocycles. The number of hydrogen-bond donors (Lipinski definition) is 3. The molecule has 0 unspecified atom stereocenters. The smallest absolute Gasteiger partial charge is 0.300 e. The van der Waals surface area contributed by atoms with Crippen molar-refractivity contribution in [1.29, 1.82) is 10.5 Å². The van der Waals surface area contributed by atoms with Crippen molar-refractivity contribution >= 4 is 29.2 Å². The summed E-state index contributed by atoms with van der Waals surface area (Å²) in [6, 6.07) is 8.76. The molecule has 0 aliphatic rings. The number of aromatic nitrogens is 2. The summed E-state index contributed by atoms with van der Waals surface area (Å²) < 4.78 is 0. The lowest BCUT2D eigenvalue weighted by Crippen LogP contribution is -1.95. The van der Waals surface area contributed by atoms with Gasteiger partial charge in [0, 0.05) is 6.92 Å². The van der Waals surface area contributed by atoms with Gasteiger partial charge in [0.1, 0.15) is 23.8 Å². The van der Waals surface area contributed by atoms with Gasteiger partial charge in [-0.15, -0.1) is 0 Å². The van der Waals surface area contributed by atoms with Crippen LogP contribution in [0.15, 0.2) is 18.2 Å². The van der Waals surface area contributed by atoms with Crippen molar-refractivity contribution < 1.29 is 9.90 Å². The minimum absolute atomic E-state index is 0. The SMILES string of the molecule is C.CC(=O)O.Cc1nc(N)c(Cl)cc1C#N.Cc1nc(N)ccc1C#N. The number of carbonyl (C=O) groups is 1. The second-order valence-electron chi connectivity index (χ2n) is 4.60. The van der Waals surface area contributed by atoms with E-state index in [1.807, 2.05) is 12.1 Å². The van der Waals surface area contributed by atoms with Gasteiger partial charge < -0.3 is 16.6 Å². The van der Waals surface area contributed by atoms with Crippen molar-refractivity contribution in [1.82, 2.24) is 9.97 Å². The second kappa shape index (κ2) is 12.1. The molecule has 0 fully saturated rings. The third-order valence-electron chi connectivity index (χ3n) is 2.54. The first-order valence-corrected chi connectivity index (χ1v) is 7.15. The second-order valence-corrected chi connectivity index (χ2v) is 5.01. The Labute approximate surface area is 157 Å². The van der Waals surface area contributed by atoms with Crippen LogP contribution < -0.4 is 11.5 Å². The van der Waals surface area contributed by atoms with Crippen LogP contribution in [0.3, 0.4) is 0 Å². The zero-order valence-electron chi connectivity index (χ0n) is 13.9. The lowest BCUT2D eigenvalue weighted by atomic mass is 10.2. The number of pyridine rings is 2. The molecular weight excluding hydrogens is 356 g/mol. The number of aliphatic carboxylic acids is 1. The van der Waals surface area contributed by atoms with Crippen LogP contribution in [0, 0.1) is 36.5 Å². The van der Waals surface area contributed by atoms with Gasteiger partial charge in [0.15, 0.2) is 0 Å². The van der Waals surface area contributed by atoms with Crippen molar-refractivity contribution in [3.05, 3.63) is 45.7 Å². The fourth-order valence-corrected chi connectivity index (χ4v) is 1.56. The van der Waals surface area contributed by atoms with E-state index in [0.717, 1.165) is 6.92 Å². The molecule has 0 aliphatic heterocycles. The lowest BCUT2D eigenvalue weighted by molar-refractivity contribution is -0.134. The predicted molar refractivity (Wildman–Crippen MR) is 101 cm³/mol. The number of nitriles is 2. The number of hydrogen-bond acceptors (Lipinski definition) is 7. The average Bonchev–Trinajstić information content (AvgIpc) is 2.51. The number of nitrogens with zero attached hydrogens (tertiary/aromatic N) is 4. The number of nitrogen functional groups attached to an aromatic ring is 2. The maximum atomic E-state index is 9.00. The molecule has 2 heterocycles. The Bertz CT molecular complexity index is 836. The summed E-state index contributed by atoms with van der Waals surface area (Å²) in [5.41, 5.74) is 13.1. The molecule has 0 saturated carbocycles.